The molecule has 0 saturated heterocycles. The summed E-state index contributed by atoms with van der Waals surface area (Å²) < 4.78 is 0. The number of hydrogen-bond acceptors (Lipinski definition) is 3. The quantitative estimate of drug-likeness (QED) is 0.888. The monoisotopic (exact) mass is 251 g/mol. The molecule has 1 unspecified atom stereocenters. The van der Waals surface area contributed by atoms with Crippen LogP contribution >= 0.6 is 0 Å². The second-order valence-electron chi connectivity index (χ2n) is 4.47. The van der Waals surface area contributed by atoms with E-state index >= 15 is 0 Å². The lowest BCUT2D eigenvalue weighted by Crippen LogP contribution is -2.21. The number of rotatable bonds is 5. The van der Waals surface area contributed by atoms with Gasteiger partial charge in [-0.1, -0.05) is 36.4 Å². The van der Waals surface area contributed by atoms with E-state index in [9.17, 15) is 0 Å². The Morgan fingerprint density at radius 2 is 2.00 bits per heavy atom. The largest absolute Gasteiger partial charge is 0.303 e. The van der Waals surface area contributed by atoms with Crippen LogP contribution in [0.3, 0.4) is 0 Å². The van der Waals surface area contributed by atoms with Crippen LogP contribution in [-0.4, -0.2) is 4.98 Å². The van der Waals surface area contributed by atoms with Gasteiger partial charge in [-0.05, 0) is 24.1 Å². The predicted octanol–water partition coefficient (Wildman–Crippen LogP) is 3.13. The molecule has 2 aromatic rings. The van der Waals surface area contributed by atoms with Gasteiger partial charge in [0, 0.05) is 18.8 Å². The smallest absolute Gasteiger partial charge is 0.0641 e. The zero-order chi connectivity index (χ0) is 13.5. The lowest BCUT2D eigenvalue weighted by Gasteiger charge is -2.16. The Kier molecular flexibility index (Phi) is 4.66. The second kappa shape index (κ2) is 6.67. The Morgan fingerprint density at radius 1 is 1.21 bits per heavy atom. The van der Waals surface area contributed by atoms with Gasteiger partial charge >= 0.3 is 0 Å². The van der Waals surface area contributed by atoms with E-state index in [1.165, 1.54) is 5.56 Å². The molecule has 0 spiro atoms. The van der Waals surface area contributed by atoms with E-state index in [1.54, 1.807) is 6.20 Å². The van der Waals surface area contributed by atoms with E-state index in [-0.39, 0.29) is 6.04 Å². The summed E-state index contributed by atoms with van der Waals surface area (Å²) in [7, 11) is 0. The first-order chi connectivity index (χ1) is 9.31. The number of pyridine rings is 1. The van der Waals surface area contributed by atoms with Crippen LogP contribution in [0.1, 0.15) is 29.3 Å². The van der Waals surface area contributed by atoms with Gasteiger partial charge in [-0.3, -0.25) is 4.98 Å². The normalized spacial score (nSPS) is 11.8. The van der Waals surface area contributed by atoms with E-state index < -0.39 is 0 Å². The van der Waals surface area contributed by atoms with E-state index in [0.717, 1.165) is 11.3 Å². The number of benzene rings is 1. The second-order valence-corrected chi connectivity index (χ2v) is 4.47. The van der Waals surface area contributed by atoms with E-state index in [2.05, 4.69) is 16.4 Å². The Balaban J connectivity index is 2.07. The zero-order valence-corrected chi connectivity index (χ0v) is 11.0. The van der Waals surface area contributed by atoms with E-state index in [4.69, 9.17) is 5.26 Å². The molecule has 1 N–H and O–H groups in total. The molecule has 0 radical (unpaired) electrons. The fraction of sp³-hybridized carbons (Fsp3) is 0.250. The van der Waals surface area contributed by atoms with Gasteiger partial charge in [-0.15, -0.1) is 0 Å². The van der Waals surface area contributed by atoms with Gasteiger partial charge in [-0.2, -0.15) is 5.26 Å². The Hall–Kier alpha value is -2.18. The van der Waals surface area contributed by atoms with Gasteiger partial charge < -0.3 is 5.32 Å². The third-order valence-corrected chi connectivity index (χ3v) is 3.13. The third-order valence-electron chi connectivity index (χ3n) is 3.13. The molecule has 96 valence electrons. The molecule has 0 aliphatic carbocycles. The molecule has 0 amide bonds. The molecule has 1 atom stereocenters. The standard InChI is InChI=1S/C16H17N3/c1-13-6-5-11-18-16(13)12-19-15(9-10-17)14-7-3-2-4-8-14/h2-8,11,15,19H,9,12H2,1H3. The van der Waals surface area contributed by atoms with Crippen LogP contribution in [0.5, 0.6) is 0 Å². The van der Waals surface area contributed by atoms with Crippen LogP contribution in [0.15, 0.2) is 48.7 Å². The SMILES string of the molecule is Cc1cccnc1CNC(CC#N)c1ccccc1. The minimum atomic E-state index is 0.0487. The van der Waals surface area contributed by atoms with Crippen molar-refractivity contribution in [3.8, 4) is 6.07 Å². The summed E-state index contributed by atoms with van der Waals surface area (Å²) >= 11 is 0. The minimum Gasteiger partial charge on any atom is -0.303 e. The molecule has 3 nitrogen and oxygen atoms in total. The van der Waals surface area contributed by atoms with Crippen LogP contribution in [0.2, 0.25) is 0 Å². The lowest BCUT2D eigenvalue weighted by atomic mass is 10.0. The average molecular weight is 251 g/mol. The molecule has 2 rings (SSSR count). The maximum Gasteiger partial charge on any atom is 0.0641 e. The molecule has 0 saturated carbocycles. The first-order valence-electron chi connectivity index (χ1n) is 6.37. The maximum absolute atomic E-state index is 8.94. The molecule has 1 aromatic heterocycles. The molecule has 0 aliphatic heterocycles. The molecular formula is C16H17N3. The zero-order valence-electron chi connectivity index (χ0n) is 11.0. The van der Waals surface area contributed by atoms with Crippen molar-refractivity contribution in [3.63, 3.8) is 0 Å². The summed E-state index contributed by atoms with van der Waals surface area (Å²) in [5.41, 5.74) is 3.33. The van der Waals surface area contributed by atoms with Crippen molar-refractivity contribution >= 4 is 0 Å². The van der Waals surface area contributed by atoms with Crippen molar-refractivity contribution in [3.05, 3.63) is 65.5 Å². The lowest BCUT2D eigenvalue weighted by molar-refractivity contribution is 0.535. The van der Waals surface area contributed by atoms with Crippen molar-refractivity contribution in [1.29, 1.82) is 5.26 Å². The van der Waals surface area contributed by atoms with Crippen molar-refractivity contribution < 1.29 is 0 Å². The number of hydrogen-bond donors (Lipinski definition) is 1. The molecule has 1 aromatic carbocycles. The molecule has 0 bridgehead atoms. The summed E-state index contributed by atoms with van der Waals surface area (Å²) in [6.07, 6.45) is 2.25. The number of aryl methyl sites for hydroxylation is 1. The Labute approximate surface area is 113 Å². The van der Waals surface area contributed by atoms with Crippen LogP contribution in [-0.2, 0) is 6.54 Å². The van der Waals surface area contributed by atoms with Crippen LogP contribution < -0.4 is 5.32 Å². The fourth-order valence-corrected chi connectivity index (χ4v) is 2.01. The van der Waals surface area contributed by atoms with Gasteiger partial charge in [0.25, 0.3) is 0 Å². The van der Waals surface area contributed by atoms with Crippen molar-refractivity contribution in [2.24, 2.45) is 0 Å². The molecule has 1 heterocycles. The van der Waals surface area contributed by atoms with Crippen molar-refractivity contribution in [1.82, 2.24) is 10.3 Å². The Bertz CT molecular complexity index is 558. The molecular weight excluding hydrogens is 234 g/mol. The highest BCUT2D eigenvalue weighted by atomic mass is 14.9. The molecule has 0 fully saturated rings. The summed E-state index contributed by atoms with van der Waals surface area (Å²) in [6, 6.07) is 16.3. The number of nitrogens with zero attached hydrogens (tertiary/aromatic N) is 2. The van der Waals surface area contributed by atoms with Crippen molar-refractivity contribution in [2.45, 2.75) is 25.9 Å². The fourth-order valence-electron chi connectivity index (χ4n) is 2.01. The first-order valence-corrected chi connectivity index (χ1v) is 6.37. The Morgan fingerprint density at radius 3 is 2.68 bits per heavy atom. The van der Waals surface area contributed by atoms with Crippen LogP contribution in [0, 0.1) is 18.3 Å². The highest BCUT2D eigenvalue weighted by molar-refractivity contribution is 5.21. The number of aromatic nitrogens is 1. The van der Waals surface area contributed by atoms with Gasteiger partial charge in [0.15, 0.2) is 0 Å². The van der Waals surface area contributed by atoms with Gasteiger partial charge in [-0.25, -0.2) is 0 Å². The van der Waals surface area contributed by atoms with E-state index in [0.29, 0.717) is 13.0 Å². The van der Waals surface area contributed by atoms with Crippen molar-refractivity contribution in [2.75, 3.05) is 0 Å². The summed E-state index contributed by atoms with van der Waals surface area (Å²) in [5, 5.41) is 12.4. The number of nitriles is 1. The maximum atomic E-state index is 8.94. The number of nitrogens with one attached hydrogen (secondary N) is 1. The van der Waals surface area contributed by atoms with Gasteiger partial charge in [0.2, 0.25) is 0 Å². The van der Waals surface area contributed by atoms with E-state index in [1.807, 2.05) is 49.4 Å². The highest BCUT2D eigenvalue weighted by Gasteiger charge is 2.10. The molecule has 3 heteroatoms. The van der Waals surface area contributed by atoms with Crippen LogP contribution in [0.25, 0.3) is 0 Å². The predicted molar refractivity (Wildman–Crippen MR) is 75.2 cm³/mol. The van der Waals surface area contributed by atoms with Gasteiger partial charge in [0.05, 0.1) is 18.2 Å². The van der Waals surface area contributed by atoms with Crippen LogP contribution in [0.4, 0.5) is 0 Å². The summed E-state index contributed by atoms with van der Waals surface area (Å²) in [4.78, 5) is 4.36. The molecule has 0 aliphatic rings. The molecule has 19 heavy (non-hydrogen) atoms. The minimum absolute atomic E-state index is 0.0487. The first kappa shape index (κ1) is 13.3. The average Bonchev–Trinajstić information content (AvgIpc) is 2.46. The third kappa shape index (κ3) is 3.64. The highest BCUT2D eigenvalue weighted by Crippen LogP contribution is 2.16. The summed E-state index contributed by atoms with van der Waals surface area (Å²) in [6.45, 7) is 2.72. The topological polar surface area (TPSA) is 48.7 Å². The van der Waals surface area contributed by atoms with Gasteiger partial charge in [0.1, 0.15) is 0 Å². The summed E-state index contributed by atoms with van der Waals surface area (Å²) in [5.74, 6) is 0.